The molecule has 0 amide bonds. The number of hydrogen-bond acceptors (Lipinski definition) is 6. The maximum atomic E-state index is 5.79. The molecule has 3 N–H and O–H groups in total. The van der Waals surface area contributed by atoms with Crippen LogP contribution in [0.1, 0.15) is 5.69 Å². The van der Waals surface area contributed by atoms with Crippen molar-refractivity contribution in [2.45, 2.75) is 6.54 Å². The smallest absolute Gasteiger partial charge is 0.215 e. The number of nitrogens with two attached hydrogens (primary N) is 1. The monoisotopic (exact) mass is 236 g/mol. The summed E-state index contributed by atoms with van der Waals surface area (Å²) in [6.07, 6.45) is 0. The number of methoxy groups -OCH3 is 1. The maximum Gasteiger partial charge on any atom is 0.215 e. The van der Waals surface area contributed by atoms with E-state index in [9.17, 15) is 0 Å². The van der Waals surface area contributed by atoms with Crippen LogP contribution in [0.25, 0.3) is 0 Å². The quantitative estimate of drug-likeness (QED) is 0.846. The molecule has 2 aromatic heterocycles. The van der Waals surface area contributed by atoms with Gasteiger partial charge in [-0.25, -0.2) is 4.98 Å². The van der Waals surface area contributed by atoms with E-state index in [2.05, 4.69) is 15.3 Å². The lowest BCUT2D eigenvalue weighted by Crippen LogP contribution is -2.05. The van der Waals surface area contributed by atoms with E-state index in [1.165, 1.54) is 0 Å². The normalized spacial score (nSPS) is 10.1. The highest BCUT2D eigenvalue weighted by atomic mass is 32.1. The Balaban J connectivity index is 2.08. The SMILES string of the molecule is COc1ccc(N)c(NCc2cscn2)n1. The molecule has 0 unspecified atom stereocenters. The molecular weight excluding hydrogens is 224 g/mol. The van der Waals surface area contributed by atoms with Crippen LogP contribution in [0.15, 0.2) is 23.0 Å². The van der Waals surface area contributed by atoms with Gasteiger partial charge in [0.25, 0.3) is 0 Å². The summed E-state index contributed by atoms with van der Waals surface area (Å²) in [5, 5.41) is 5.09. The van der Waals surface area contributed by atoms with Crippen LogP contribution in [0.3, 0.4) is 0 Å². The molecule has 0 aliphatic carbocycles. The van der Waals surface area contributed by atoms with Crippen molar-refractivity contribution in [1.29, 1.82) is 0 Å². The fraction of sp³-hybridized carbons (Fsp3) is 0.200. The number of ether oxygens (including phenoxy) is 1. The van der Waals surface area contributed by atoms with Crippen LogP contribution in [0.5, 0.6) is 5.88 Å². The second-order valence-electron chi connectivity index (χ2n) is 3.12. The van der Waals surface area contributed by atoms with E-state index < -0.39 is 0 Å². The Morgan fingerprint density at radius 3 is 3.06 bits per heavy atom. The fourth-order valence-electron chi connectivity index (χ4n) is 1.21. The van der Waals surface area contributed by atoms with Crippen LogP contribution in [0, 0.1) is 0 Å². The van der Waals surface area contributed by atoms with Gasteiger partial charge in [-0.2, -0.15) is 4.98 Å². The van der Waals surface area contributed by atoms with E-state index in [0.717, 1.165) is 5.69 Å². The Bertz CT molecular complexity index is 458. The first kappa shape index (κ1) is 10.7. The molecule has 2 rings (SSSR count). The molecule has 6 heteroatoms. The number of rotatable bonds is 4. The number of nitrogen functional groups attached to an aromatic ring is 1. The van der Waals surface area contributed by atoms with Gasteiger partial charge >= 0.3 is 0 Å². The van der Waals surface area contributed by atoms with E-state index in [0.29, 0.717) is 23.9 Å². The Hall–Kier alpha value is -1.82. The van der Waals surface area contributed by atoms with Gasteiger partial charge in [-0.3, -0.25) is 0 Å². The standard InChI is InChI=1S/C10H12N4OS/c1-15-9-3-2-8(11)10(14-9)12-4-7-5-16-6-13-7/h2-3,5-6H,4,11H2,1H3,(H,12,14). The average molecular weight is 236 g/mol. The predicted molar refractivity (Wildman–Crippen MR) is 64.6 cm³/mol. The third-order valence-electron chi connectivity index (χ3n) is 2.03. The van der Waals surface area contributed by atoms with Gasteiger partial charge in [-0.1, -0.05) is 0 Å². The van der Waals surface area contributed by atoms with Crippen molar-refractivity contribution in [2.75, 3.05) is 18.2 Å². The van der Waals surface area contributed by atoms with Crippen molar-refractivity contribution in [3.63, 3.8) is 0 Å². The number of nitrogens with zero attached hydrogens (tertiary/aromatic N) is 2. The van der Waals surface area contributed by atoms with Gasteiger partial charge in [-0.15, -0.1) is 11.3 Å². The molecule has 0 saturated heterocycles. The molecule has 0 fully saturated rings. The van der Waals surface area contributed by atoms with Crippen molar-refractivity contribution >= 4 is 22.8 Å². The van der Waals surface area contributed by atoms with Gasteiger partial charge in [0.05, 0.1) is 30.5 Å². The molecule has 5 nitrogen and oxygen atoms in total. The molecule has 0 saturated carbocycles. The van der Waals surface area contributed by atoms with E-state index in [1.807, 2.05) is 5.38 Å². The molecular formula is C10H12N4OS. The number of aromatic nitrogens is 2. The summed E-state index contributed by atoms with van der Waals surface area (Å²) in [4.78, 5) is 8.37. The number of pyridine rings is 1. The Kier molecular flexibility index (Phi) is 3.21. The lowest BCUT2D eigenvalue weighted by Gasteiger charge is -2.08. The van der Waals surface area contributed by atoms with Gasteiger partial charge in [-0.05, 0) is 6.07 Å². The van der Waals surface area contributed by atoms with Crippen LogP contribution in [0.4, 0.5) is 11.5 Å². The van der Waals surface area contributed by atoms with Crippen LogP contribution >= 0.6 is 11.3 Å². The highest BCUT2D eigenvalue weighted by Crippen LogP contribution is 2.20. The summed E-state index contributed by atoms with van der Waals surface area (Å²) in [5.41, 5.74) is 9.14. The zero-order chi connectivity index (χ0) is 11.4. The second-order valence-corrected chi connectivity index (χ2v) is 3.84. The molecule has 0 aliphatic rings. The van der Waals surface area contributed by atoms with Crippen LogP contribution in [-0.2, 0) is 6.54 Å². The number of thiazole rings is 1. The summed E-state index contributed by atoms with van der Waals surface area (Å²) >= 11 is 1.56. The van der Waals surface area contributed by atoms with E-state index >= 15 is 0 Å². The van der Waals surface area contributed by atoms with Crippen molar-refractivity contribution in [3.05, 3.63) is 28.7 Å². The van der Waals surface area contributed by atoms with Gasteiger partial charge < -0.3 is 15.8 Å². The summed E-state index contributed by atoms with van der Waals surface area (Å²) in [5.74, 6) is 1.15. The van der Waals surface area contributed by atoms with Crippen LogP contribution in [-0.4, -0.2) is 17.1 Å². The molecule has 0 bridgehead atoms. The molecule has 0 radical (unpaired) electrons. The number of anilines is 2. The Morgan fingerprint density at radius 2 is 2.38 bits per heavy atom. The highest BCUT2D eigenvalue weighted by molar-refractivity contribution is 7.07. The molecule has 16 heavy (non-hydrogen) atoms. The van der Waals surface area contributed by atoms with E-state index in [1.54, 1.807) is 36.1 Å². The predicted octanol–water partition coefficient (Wildman–Crippen LogP) is 1.74. The Morgan fingerprint density at radius 1 is 1.50 bits per heavy atom. The average Bonchev–Trinajstić information content (AvgIpc) is 2.81. The minimum Gasteiger partial charge on any atom is -0.481 e. The fourth-order valence-corrected chi connectivity index (χ4v) is 1.76. The lowest BCUT2D eigenvalue weighted by atomic mass is 10.3. The maximum absolute atomic E-state index is 5.79. The first-order valence-corrected chi connectivity index (χ1v) is 5.65. The zero-order valence-corrected chi connectivity index (χ0v) is 9.62. The minimum absolute atomic E-state index is 0.537. The first-order valence-electron chi connectivity index (χ1n) is 4.71. The second kappa shape index (κ2) is 4.80. The van der Waals surface area contributed by atoms with Crippen LogP contribution in [0.2, 0.25) is 0 Å². The van der Waals surface area contributed by atoms with Crippen molar-refractivity contribution in [3.8, 4) is 5.88 Å². The summed E-state index contributed by atoms with van der Waals surface area (Å²) in [7, 11) is 1.57. The van der Waals surface area contributed by atoms with Crippen molar-refractivity contribution in [2.24, 2.45) is 0 Å². The van der Waals surface area contributed by atoms with Gasteiger partial charge in [0, 0.05) is 11.4 Å². The van der Waals surface area contributed by atoms with Crippen LogP contribution < -0.4 is 15.8 Å². The lowest BCUT2D eigenvalue weighted by molar-refractivity contribution is 0.398. The molecule has 0 aliphatic heterocycles. The molecule has 2 heterocycles. The van der Waals surface area contributed by atoms with Gasteiger partial charge in [0.1, 0.15) is 0 Å². The molecule has 0 atom stereocenters. The van der Waals surface area contributed by atoms with Gasteiger partial charge in [0.2, 0.25) is 5.88 Å². The topological polar surface area (TPSA) is 73.1 Å². The minimum atomic E-state index is 0.537. The number of nitrogens with one attached hydrogen (secondary N) is 1. The Labute approximate surface area is 97.3 Å². The largest absolute Gasteiger partial charge is 0.481 e. The van der Waals surface area contributed by atoms with Crippen molar-refractivity contribution < 1.29 is 4.74 Å². The summed E-state index contributed by atoms with van der Waals surface area (Å²) in [6, 6.07) is 3.48. The van der Waals surface area contributed by atoms with E-state index in [-0.39, 0.29) is 0 Å². The first-order chi connectivity index (χ1) is 7.79. The zero-order valence-electron chi connectivity index (χ0n) is 8.80. The summed E-state index contributed by atoms with van der Waals surface area (Å²) < 4.78 is 5.03. The molecule has 0 aromatic carbocycles. The molecule has 84 valence electrons. The third-order valence-corrected chi connectivity index (χ3v) is 2.67. The molecule has 2 aromatic rings. The number of hydrogen-bond donors (Lipinski definition) is 2. The van der Waals surface area contributed by atoms with E-state index in [4.69, 9.17) is 10.5 Å². The summed E-state index contributed by atoms with van der Waals surface area (Å²) in [6.45, 7) is 0.605. The van der Waals surface area contributed by atoms with Gasteiger partial charge in [0.15, 0.2) is 5.82 Å². The molecule has 0 spiro atoms. The van der Waals surface area contributed by atoms with Crippen molar-refractivity contribution in [1.82, 2.24) is 9.97 Å². The highest BCUT2D eigenvalue weighted by Gasteiger charge is 2.03. The third kappa shape index (κ3) is 2.40.